The summed E-state index contributed by atoms with van der Waals surface area (Å²) in [6.45, 7) is 5.49. The van der Waals surface area contributed by atoms with Crippen molar-refractivity contribution in [2.45, 2.75) is 77.0 Å². The Bertz CT molecular complexity index is 1260. The highest BCUT2D eigenvalue weighted by molar-refractivity contribution is 7.21. The number of alkyl halides is 3. The fourth-order valence-corrected chi connectivity index (χ4v) is 5.76. The molecule has 37 heavy (non-hydrogen) atoms. The monoisotopic (exact) mass is 540 g/mol. The molecule has 4 atom stereocenters. The van der Waals surface area contributed by atoms with Gasteiger partial charge in [-0.1, -0.05) is 13.3 Å². The van der Waals surface area contributed by atoms with E-state index in [4.69, 9.17) is 4.98 Å². The summed E-state index contributed by atoms with van der Waals surface area (Å²) in [4.78, 5) is 17.8. The molecular weight excluding hydrogens is 509 g/mol. The zero-order valence-electron chi connectivity index (χ0n) is 21.0. The van der Waals surface area contributed by atoms with Gasteiger partial charge < -0.3 is 26.0 Å². The Morgan fingerprint density at radius 2 is 1.86 bits per heavy atom. The van der Waals surface area contributed by atoms with Crippen LogP contribution in [0.1, 0.15) is 45.0 Å². The van der Waals surface area contributed by atoms with E-state index in [2.05, 4.69) is 25.6 Å². The van der Waals surface area contributed by atoms with Crippen LogP contribution in [0.15, 0.2) is 12.3 Å². The lowest BCUT2D eigenvalue weighted by atomic mass is 9.88. The minimum absolute atomic E-state index is 0.175. The van der Waals surface area contributed by atoms with Gasteiger partial charge in [0.2, 0.25) is 5.95 Å². The normalized spacial score (nSPS) is 22.5. The molecule has 1 aliphatic rings. The zero-order valence-corrected chi connectivity index (χ0v) is 21.8. The van der Waals surface area contributed by atoms with Crippen molar-refractivity contribution in [3.63, 3.8) is 0 Å². The number of aryl methyl sites for hydroxylation is 2. The van der Waals surface area contributed by atoms with E-state index in [0.29, 0.717) is 16.3 Å². The Hall–Kier alpha value is -2.61. The van der Waals surface area contributed by atoms with Gasteiger partial charge in [0.25, 0.3) is 0 Å². The molecule has 0 saturated heterocycles. The molecule has 1 aliphatic carbocycles. The predicted octanol–water partition coefficient (Wildman–Crippen LogP) is 3.68. The van der Waals surface area contributed by atoms with Crippen LogP contribution in [0, 0.1) is 12.8 Å². The number of fused-ring (bicyclic) bond motifs is 1. The summed E-state index contributed by atoms with van der Waals surface area (Å²) >= 11 is 1.38. The van der Waals surface area contributed by atoms with Crippen LogP contribution in [0.3, 0.4) is 0 Å². The maximum absolute atomic E-state index is 12.8. The Kier molecular flexibility index (Phi) is 7.62. The SMILES string of the molecule is CCCc1nccc2sc(-c3c(C)nc(NCC(F)(F)F)nc3N[C@@H]3C[C@H](C(C)(C)O)[C@@H](O)[C@H]3O)nc12. The van der Waals surface area contributed by atoms with E-state index >= 15 is 0 Å². The maximum Gasteiger partial charge on any atom is 0.405 e. The Balaban J connectivity index is 1.77. The Labute approximate surface area is 216 Å². The number of hydrogen-bond acceptors (Lipinski definition) is 10. The summed E-state index contributed by atoms with van der Waals surface area (Å²) in [7, 11) is 0. The zero-order chi connectivity index (χ0) is 27.1. The lowest BCUT2D eigenvalue weighted by Gasteiger charge is -2.28. The van der Waals surface area contributed by atoms with Crippen LogP contribution in [0.2, 0.25) is 0 Å². The van der Waals surface area contributed by atoms with Crippen molar-refractivity contribution in [2.24, 2.45) is 5.92 Å². The number of thiazole rings is 1. The van der Waals surface area contributed by atoms with Crippen molar-refractivity contribution in [3.05, 3.63) is 23.7 Å². The highest BCUT2D eigenvalue weighted by Crippen LogP contribution is 2.40. The molecule has 0 spiro atoms. The van der Waals surface area contributed by atoms with Gasteiger partial charge in [0.1, 0.15) is 29.0 Å². The molecule has 0 bridgehead atoms. The summed E-state index contributed by atoms with van der Waals surface area (Å²) in [5, 5.41) is 37.6. The molecule has 0 unspecified atom stereocenters. The first kappa shape index (κ1) is 27.4. The second-order valence-electron chi connectivity index (χ2n) is 9.93. The van der Waals surface area contributed by atoms with Crippen molar-refractivity contribution < 1.29 is 28.5 Å². The predicted molar refractivity (Wildman–Crippen MR) is 136 cm³/mol. The van der Waals surface area contributed by atoms with Crippen molar-refractivity contribution in [1.29, 1.82) is 0 Å². The molecule has 3 aromatic heterocycles. The van der Waals surface area contributed by atoms with Gasteiger partial charge in [0, 0.05) is 12.1 Å². The van der Waals surface area contributed by atoms with Crippen molar-refractivity contribution in [3.8, 4) is 10.6 Å². The number of rotatable bonds is 8. The molecule has 1 saturated carbocycles. The average Bonchev–Trinajstić information content (AvgIpc) is 3.34. The van der Waals surface area contributed by atoms with Gasteiger partial charge in [-0.25, -0.2) is 9.97 Å². The molecule has 5 N–H and O–H groups in total. The lowest BCUT2D eigenvalue weighted by molar-refractivity contribution is -0.115. The molecule has 0 aromatic carbocycles. The van der Waals surface area contributed by atoms with Crippen LogP contribution >= 0.6 is 11.3 Å². The van der Waals surface area contributed by atoms with Crippen LogP contribution in [0.25, 0.3) is 20.8 Å². The quantitative estimate of drug-likeness (QED) is 0.290. The van der Waals surface area contributed by atoms with E-state index in [0.717, 1.165) is 28.8 Å². The Morgan fingerprint density at radius 1 is 1.14 bits per heavy atom. The topological polar surface area (TPSA) is 136 Å². The number of halogens is 3. The first-order valence-corrected chi connectivity index (χ1v) is 12.9. The molecule has 1 fully saturated rings. The number of aromatic nitrogens is 4. The van der Waals surface area contributed by atoms with Crippen LogP contribution < -0.4 is 10.6 Å². The number of pyridine rings is 1. The van der Waals surface area contributed by atoms with Crippen LogP contribution in [-0.2, 0) is 6.42 Å². The average molecular weight is 541 g/mol. The molecule has 13 heteroatoms. The summed E-state index contributed by atoms with van der Waals surface area (Å²) in [6.07, 6.45) is -3.34. The van der Waals surface area contributed by atoms with Crippen molar-refractivity contribution in [2.75, 3.05) is 17.2 Å². The number of nitrogens with one attached hydrogen (secondary N) is 2. The standard InChI is InChI=1S/C24H31F3N6O3S/c1-5-6-13-17-15(7-8-28-13)37-21(32-17)16-11(2)30-22(29-10-24(25,26)27)33-20(16)31-14-9-12(23(3,4)36)18(34)19(14)35/h7-8,12,14,18-19,34-36H,5-6,9-10H2,1-4H3,(H2,29,30,31,33)/t12-,14+,18+,19-/m0/s1. The number of anilines is 2. The molecule has 202 valence electrons. The molecule has 9 nitrogen and oxygen atoms in total. The fourth-order valence-electron chi connectivity index (χ4n) is 4.68. The first-order chi connectivity index (χ1) is 17.3. The maximum atomic E-state index is 12.8. The first-order valence-electron chi connectivity index (χ1n) is 12.1. The van der Waals surface area contributed by atoms with E-state index in [1.165, 1.54) is 11.3 Å². The smallest absolute Gasteiger partial charge is 0.390 e. The summed E-state index contributed by atoms with van der Waals surface area (Å²) in [6, 6.07) is 1.13. The second kappa shape index (κ2) is 10.3. The fraction of sp³-hybridized carbons (Fsp3) is 0.583. The molecule has 3 heterocycles. The van der Waals surface area contributed by atoms with Gasteiger partial charge in [-0.2, -0.15) is 18.2 Å². The molecule has 0 amide bonds. The third kappa shape index (κ3) is 5.95. The van der Waals surface area contributed by atoms with E-state index in [-0.39, 0.29) is 18.2 Å². The molecular formula is C24H31F3N6O3S. The van der Waals surface area contributed by atoms with Crippen molar-refractivity contribution in [1.82, 2.24) is 19.9 Å². The van der Waals surface area contributed by atoms with Gasteiger partial charge in [-0.15, -0.1) is 11.3 Å². The van der Waals surface area contributed by atoms with E-state index in [1.807, 2.05) is 13.0 Å². The number of hydrogen-bond donors (Lipinski definition) is 5. The molecule has 3 aromatic rings. The van der Waals surface area contributed by atoms with Crippen molar-refractivity contribution >= 4 is 33.3 Å². The second-order valence-corrected chi connectivity index (χ2v) is 11.0. The molecule has 0 aliphatic heterocycles. The van der Waals surface area contributed by atoms with Gasteiger partial charge in [0.15, 0.2) is 0 Å². The highest BCUT2D eigenvalue weighted by atomic mass is 32.1. The summed E-state index contributed by atoms with van der Waals surface area (Å²) in [5.74, 6) is -0.684. The van der Waals surface area contributed by atoms with Gasteiger partial charge in [-0.3, -0.25) is 4.98 Å². The number of aliphatic hydroxyl groups excluding tert-OH is 2. The third-order valence-corrected chi connectivity index (χ3v) is 7.57. The molecule has 4 rings (SSSR count). The van der Waals surface area contributed by atoms with Crippen LogP contribution in [0.4, 0.5) is 24.9 Å². The van der Waals surface area contributed by atoms with E-state index in [9.17, 15) is 28.5 Å². The molecule has 0 radical (unpaired) electrons. The van der Waals surface area contributed by atoms with Crippen LogP contribution in [0.5, 0.6) is 0 Å². The highest BCUT2D eigenvalue weighted by Gasteiger charge is 2.48. The largest absolute Gasteiger partial charge is 0.405 e. The van der Waals surface area contributed by atoms with Gasteiger partial charge in [-0.05, 0) is 39.7 Å². The Morgan fingerprint density at radius 3 is 2.49 bits per heavy atom. The lowest BCUT2D eigenvalue weighted by Crippen LogP contribution is -2.40. The third-order valence-electron chi connectivity index (χ3n) is 6.53. The van der Waals surface area contributed by atoms with E-state index < -0.39 is 42.5 Å². The summed E-state index contributed by atoms with van der Waals surface area (Å²) < 4.78 is 39.4. The minimum atomic E-state index is -4.47. The number of aliphatic hydroxyl groups is 3. The summed E-state index contributed by atoms with van der Waals surface area (Å²) in [5.41, 5.74) is 1.21. The van der Waals surface area contributed by atoms with Crippen LogP contribution in [-0.4, -0.2) is 71.8 Å². The van der Waals surface area contributed by atoms with Gasteiger partial charge in [0.05, 0.1) is 39.4 Å². The minimum Gasteiger partial charge on any atom is -0.390 e. The van der Waals surface area contributed by atoms with E-state index in [1.54, 1.807) is 27.0 Å². The number of nitrogens with zero attached hydrogens (tertiary/aromatic N) is 4. The van der Waals surface area contributed by atoms with Gasteiger partial charge >= 0.3 is 6.18 Å².